The average molecular weight is 451 g/mol. The Labute approximate surface area is 126 Å². The monoisotopic (exact) mass is 450 g/mol. The molecular weight excluding hydrogens is 428 g/mol. The number of halogens is 2. The molecule has 0 radical (unpaired) electrons. The van der Waals surface area contributed by atoms with Crippen molar-refractivity contribution in [2.75, 3.05) is 26.2 Å². The smallest absolute Gasteiger partial charge is 1.00 e. The predicted molar refractivity (Wildman–Crippen MR) is 56.2 cm³/mol. The third-order valence-corrected chi connectivity index (χ3v) is 3.43. The summed E-state index contributed by atoms with van der Waals surface area (Å²) in [6.45, 7) is 5.03. The molecule has 0 spiro atoms. The number of nitrogens with one attached hydrogen (secondary N) is 2. The van der Waals surface area contributed by atoms with Crippen molar-refractivity contribution >= 4 is 0 Å². The van der Waals surface area contributed by atoms with Crippen LogP contribution in [0, 0.1) is 11.8 Å². The topological polar surface area (TPSA) is 59.1 Å². The summed E-state index contributed by atoms with van der Waals surface area (Å²) in [5.41, 5.74) is 0. The largest absolute Gasteiger partial charge is 2.00 e. The standard InChI is InChI=1S/C10H20N2.2ClH.H3N.Pt/c1-5-11-6-2-9(1)10-3-7-12-8-4-10;;;;/h9-12H,1-8H2;2*1H;1H3;/q;;;;+2/p-2. The van der Waals surface area contributed by atoms with Crippen LogP contribution in [0.5, 0.6) is 0 Å². The van der Waals surface area contributed by atoms with Crippen LogP contribution in [-0.4, -0.2) is 26.2 Å². The van der Waals surface area contributed by atoms with E-state index in [-0.39, 0.29) is 52.0 Å². The molecule has 0 aromatic heterocycles. The van der Waals surface area contributed by atoms with E-state index in [9.17, 15) is 0 Å². The maximum Gasteiger partial charge on any atom is 2.00 e. The Morgan fingerprint density at radius 2 is 0.875 bits per heavy atom. The second-order valence-corrected chi connectivity index (χ2v) is 4.17. The van der Waals surface area contributed by atoms with Gasteiger partial charge in [-0.25, -0.2) is 0 Å². The maximum atomic E-state index is 3.44. The van der Waals surface area contributed by atoms with Gasteiger partial charge in [0.25, 0.3) is 0 Å². The summed E-state index contributed by atoms with van der Waals surface area (Å²) in [5, 5.41) is 6.88. The van der Waals surface area contributed by atoms with E-state index in [1.165, 1.54) is 51.9 Å². The summed E-state index contributed by atoms with van der Waals surface area (Å²) in [6, 6.07) is 0. The van der Waals surface area contributed by atoms with Crippen molar-refractivity contribution < 1.29 is 45.9 Å². The Morgan fingerprint density at radius 3 is 1.12 bits per heavy atom. The molecule has 0 aliphatic carbocycles. The number of rotatable bonds is 1. The molecule has 3 nitrogen and oxygen atoms in total. The summed E-state index contributed by atoms with van der Waals surface area (Å²) in [4.78, 5) is 0. The average Bonchev–Trinajstić information content (AvgIpc) is 2.21. The molecule has 102 valence electrons. The van der Waals surface area contributed by atoms with Crippen LogP contribution in [0.15, 0.2) is 0 Å². The van der Waals surface area contributed by atoms with E-state index in [1.54, 1.807) is 0 Å². The van der Waals surface area contributed by atoms with Crippen LogP contribution in [-0.2, 0) is 21.1 Å². The molecular formula is C10H23Cl2N3Pt. The van der Waals surface area contributed by atoms with Crippen molar-refractivity contribution in [3.8, 4) is 0 Å². The number of hydrogen-bond donors (Lipinski definition) is 3. The van der Waals surface area contributed by atoms with Gasteiger partial charge in [-0.05, 0) is 63.7 Å². The van der Waals surface area contributed by atoms with Gasteiger partial charge in [0.2, 0.25) is 0 Å². The van der Waals surface area contributed by atoms with Crippen molar-refractivity contribution in [3.05, 3.63) is 0 Å². The Balaban J connectivity index is -0.000000422. The summed E-state index contributed by atoms with van der Waals surface area (Å²) in [5.74, 6) is 2.07. The second kappa shape index (κ2) is 12.6. The van der Waals surface area contributed by atoms with Crippen LogP contribution in [0.1, 0.15) is 25.7 Å². The minimum Gasteiger partial charge on any atom is -1.00 e. The van der Waals surface area contributed by atoms with Gasteiger partial charge < -0.3 is 41.6 Å². The molecule has 0 amide bonds. The van der Waals surface area contributed by atoms with E-state index >= 15 is 0 Å². The van der Waals surface area contributed by atoms with E-state index in [1.807, 2.05) is 0 Å². The molecule has 16 heavy (non-hydrogen) atoms. The molecule has 0 unspecified atom stereocenters. The SMILES string of the molecule is C1CC(C2CCNCC2)CCN1.N.[Cl-].[Cl-].[Pt+2]. The van der Waals surface area contributed by atoms with Crippen molar-refractivity contribution in [1.82, 2.24) is 16.8 Å². The van der Waals surface area contributed by atoms with Crippen molar-refractivity contribution in [3.63, 3.8) is 0 Å². The molecule has 0 bridgehead atoms. The molecule has 2 aliphatic rings. The second-order valence-electron chi connectivity index (χ2n) is 4.17. The first kappa shape index (κ1) is 22.3. The Hall–Kier alpha value is 1.15. The molecule has 0 atom stereocenters. The van der Waals surface area contributed by atoms with Crippen LogP contribution in [0.4, 0.5) is 0 Å². The number of hydrogen-bond acceptors (Lipinski definition) is 3. The van der Waals surface area contributed by atoms with Crippen LogP contribution in [0.3, 0.4) is 0 Å². The van der Waals surface area contributed by atoms with Gasteiger partial charge in [0.15, 0.2) is 0 Å². The molecule has 2 rings (SSSR count). The fourth-order valence-electron chi connectivity index (χ4n) is 2.63. The Kier molecular flexibility index (Phi) is 17.6. The van der Waals surface area contributed by atoms with Gasteiger partial charge in [0.1, 0.15) is 0 Å². The van der Waals surface area contributed by atoms with E-state index in [0.717, 1.165) is 11.8 Å². The van der Waals surface area contributed by atoms with Gasteiger partial charge in [-0.2, -0.15) is 0 Å². The molecule has 5 N–H and O–H groups in total. The third kappa shape index (κ3) is 6.78. The molecule has 2 heterocycles. The first-order valence-electron chi connectivity index (χ1n) is 5.38. The van der Waals surface area contributed by atoms with Crippen LogP contribution in [0.25, 0.3) is 0 Å². The Morgan fingerprint density at radius 1 is 0.625 bits per heavy atom. The first-order valence-corrected chi connectivity index (χ1v) is 5.38. The predicted octanol–water partition coefficient (Wildman–Crippen LogP) is -4.85. The van der Waals surface area contributed by atoms with Crippen molar-refractivity contribution in [2.24, 2.45) is 11.8 Å². The van der Waals surface area contributed by atoms with Crippen LogP contribution in [0.2, 0.25) is 0 Å². The summed E-state index contributed by atoms with van der Waals surface area (Å²) in [6.07, 6.45) is 5.69. The zero-order chi connectivity index (χ0) is 8.23. The summed E-state index contributed by atoms with van der Waals surface area (Å²) >= 11 is 0. The third-order valence-electron chi connectivity index (χ3n) is 3.43. The first-order chi connectivity index (χ1) is 5.97. The van der Waals surface area contributed by atoms with Crippen molar-refractivity contribution in [2.45, 2.75) is 25.7 Å². The minimum absolute atomic E-state index is 0. The van der Waals surface area contributed by atoms with Gasteiger partial charge in [0, 0.05) is 0 Å². The summed E-state index contributed by atoms with van der Waals surface area (Å²) < 4.78 is 0. The van der Waals surface area contributed by atoms with E-state index in [0.29, 0.717) is 0 Å². The normalized spacial score (nSPS) is 21.8. The molecule has 0 aromatic carbocycles. The summed E-state index contributed by atoms with van der Waals surface area (Å²) in [7, 11) is 0. The van der Waals surface area contributed by atoms with Crippen LogP contribution >= 0.6 is 0 Å². The number of piperidine rings is 2. The van der Waals surface area contributed by atoms with E-state index < -0.39 is 0 Å². The molecule has 0 aromatic rings. The molecule has 2 aliphatic heterocycles. The van der Waals surface area contributed by atoms with Crippen molar-refractivity contribution in [1.29, 1.82) is 0 Å². The molecule has 0 saturated carbocycles. The van der Waals surface area contributed by atoms with E-state index in [2.05, 4.69) is 10.6 Å². The molecule has 6 heteroatoms. The Bertz CT molecular complexity index is 124. The van der Waals surface area contributed by atoms with Gasteiger partial charge in [-0.1, -0.05) is 0 Å². The van der Waals surface area contributed by atoms with Gasteiger partial charge in [-0.3, -0.25) is 0 Å². The maximum absolute atomic E-state index is 3.44. The van der Waals surface area contributed by atoms with Gasteiger partial charge >= 0.3 is 21.1 Å². The molecule has 2 fully saturated rings. The molecule has 2 saturated heterocycles. The van der Waals surface area contributed by atoms with Crippen LogP contribution < -0.4 is 41.6 Å². The fourth-order valence-corrected chi connectivity index (χ4v) is 2.63. The fraction of sp³-hybridized carbons (Fsp3) is 1.00. The zero-order valence-corrected chi connectivity index (χ0v) is 13.4. The van der Waals surface area contributed by atoms with Gasteiger partial charge in [0.05, 0.1) is 0 Å². The zero-order valence-electron chi connectivity index (χ0n) is 9.59. The minimum atomic E-state index is 0. The van der Waals surface area contributed by atoms with E-state index in [4.69, 9.17) is 0 Å². The quantitative estimate of drug-likeness (QED) is 0.375. The van der Waals surface area contributed by atoms with Gasteiger partial charge in [-0.15, -0.1) is 0 Å².